The fourth-order valence-electron chi connectivity index (χ4n) is 2.31. The third-order valence-corrected chi connectivity index (χ3v) is 3.55. The van der Waals surface area contributed by atoms with Crippen LogP contribution in [0.15, 0.2) is 0 Å². The van der Waals surface area contributed by atoms with Gasteiger partial charge in [0.15, 0.2) is 0 Å². The Kier molecular flexibility index (Phi) is 2.77. The van der Waals surface area contributed by atoms with Crippen molar-refractivity contribution in [1.82, 2.24) is 10.6 Å². The molecule has 0 radical (unpaired) electrons. The second-order valence-electron chi connectivity index (χ2n) is 4.95. The minimum absolute atomic E-state index is 0.120. The van der Waals surface area contributed by atoms with Gasteiger partial charge in [-0.05, 0) is 45.6 Å². The van der Waals surface area contributed by atoms with E-state index in [0.29, 0.717) is 0 Å². The summed E-state index contributed by atoms with van der Waals surface area (Å²) in [5.74, 6) is 0.473. The van der Waals surface area contributed by atoms with E-state index in [9.17, 15) is 4.79 Å². The highest BCUT2D eigenvalue weighted by molar-refractivity contribution is 5.79. The van der Waals surface area contributed by atoms with E-state index >= 15 is 0 Å². The minimum Gasteiger partial charge on any atom is -0.351 e. The molecule has 1 saturated heterocycles. The maximum absolute atomic E-state index is 11.9. The van der Waals surface area contributed by atoms with E-state index in [4.69, 9.17) is 0 Å². The monoisotopic (exact) mass is 196 g/mol. The van der Waals surface area contributed by atoms with Gasteiger partial charge in [0.2, 0.25) is 5.91 Å². The zero-order valence-electron chi connectivity index (χ0n) is 8.94. The average Bonchev–Trinajstić information content (AvgIpc) is 2.17. The Bertz CT molecular complexity index is 217. The van der Waals surface area contributed by atoms with E-state index in [1.54, 1.807) is 0 Å². The molecule has 0 spiro atoms. The fourth-order valence-corrected chi connectivity index (χ4v) is 2.31. The molecule has 1 aliphatic carbocycles. The average molecular weight is 196 g/mol. The lowest BCUT2D eigenvalue weighted by Crippen LogP contribution is -2.54. The Labute approximate surface area is 85.6 Å². The van der Waals surface area contributed by atoms with Crippen molar-refractivity contribution < 1.29 is 4.79 Å². The molecule has 1 amide bonds. The predicted molar refractivity (Wildman–Crippen MR) is 56.0 cm³/mol. The molecule has 0 bridgehead atoms. The molecule has 2 rings (SSSR count). The van der Waals surface area contributed by atoms with Crippen LogP contribution in [0.2, 0.25) is 0 Å². The van der Waals surface area contributed by atoms with Gasteiger partial charge in [0.05, 0.1) is 5.92 Å². The van der Waals surface area contributed by atoms with Crippen LogP contribution < -0.4 is 10.6 Å². The number of carbonyl (C=O) groups is 1. The van der Waals surface area contributed by atoms with Gasteiger partial charge in [0, 0.05) is 12.1 Å². The SMILES string of the molecule is CC1(NC(=O)C2CCCNC2)CCC1. The molecule has 1 saturated carbocycles. The molecular formula is C11H20N2O. The number of amides is 1. The van der Waals surface area contributed by atoms with Crippen molar-refractivity contribution in [2.24, 2.45) is 5.92 Å². The smallest absolute Gasteiger partial charge is 0.224 e. The topological polar surface area (TPSA) is 41.1 Å². The zero-order chi connectivity index (χ0) is 10.0. The lowest BCUT2D eigenvalue weighted by Gasteiger charge is -2.40. The van der Waals surface area contributed by atoms with Crippen molar-refractivity contribution in [1.29, 1.82) is 0 Å². The van der Waals surface area contributed by atoms with Gasteiger partial charge in [0.25, 0.3) is 0 Å². The van der Waals surface area contributed by atoms with Gasteiger partial charge in [-0.1, -0.05) is 0 Å². The summed E-state index contributed by atoms with van der Waals surface area (Å²) in [5, 5.41) is 6.46. The summed E-state index contributed by atoms with van der Waals surface area (Å²) in [5.41, 5.74) is 0.120. The van der Waals surface area contributed by atoms with Crippen molar-refractivity contribution in [2.45, 2.75) is 44.6 Å². The maximum atomic E-state index is 11.9. The van der Waals surface area contributed by atoms with Crippen molar-refractivity contribution in [3.8, 4) is 0 Å². The van der Waals surface area contributed by atoms with E-state index in [-0.39, 0.29) is 17.4 Å². The van der Waals surface area contributed by atoms with Gasteiger partial charge in [-0.2, -0.15) is 0 Å². The van der Waals surface area contributed by atoms with Crippen molar-refractivity contribution >= 4 is 5.91 Å². The molecule has 3 heteroatoms. The van der Waals surface area contributed by atoms with Gasteiger partial charge in [-0.3, -0.25) is 4.79 Å². The lowest BCUT2D eigenvalue weighted by molar-refractivity contribution is -0.128. The maximum Gasteiger partial charge on any atom is 0.224 e. The Hall–Kier alpha value is -0.570. The molecule has 3 nitrogen and oxygen atoms in total. The Balaban J connectivity index is 1.81. The Morgan fingerprint density at radius 2 is 2.21 bits per heavy atom. The molecule has 0 aromatic rings. The molecule has 80 valence electrons. The van der Waals surface area contributed by atoms with Gasteiger partial charge < -0.3 is 10.6 Å². The number of hydrogen-bond acceptors (Lipinski definition) is 2. The predicted octanol–water partition coefficient (Wildman–Crippen LogP) is 1.04. The van der Waals surface area contributed by atoms with Gasteiger partial charge in [-0.15, -0.1) is 0 Å². The molecule has 0 aromatic carbocycles. The highest BCUT2D eigenvalue weighted by Crippen LogP contribution is 2.31. The summed E-state index contributed by atoms with van der Waals surface area (Å²) < 4.78 is 0. The molecule has 2 aliphatic rings. The third-order valence-electron chi connectivity index (χ3n) is 3.55. The first-order valence-electron chi connectivity index (χ1n) is 5.72. The van der Waals surface area contributed by atoms with Crippen LogP contribution in [0.3, 0.4) is 0 Å². The van der Waals surface area contributed by atoms with Crippen LogP contribution in [0.1, 0.15) is 39.0 Å². The summed E-state index contributed by atoms with van der Waals surface area (Å²) in [6.07, 6.45) is 5.75. The molecule has 2 N–H and O–H groups in total. The number of nitrogens with one attached hydrogen (secondary N) is 2. The highest BCUT2D eigenvalue weighted by atomic mass is 16.2. The van der Waals surface area contributed by atoms with Gasteiger partial charge >= 0.3 is 0 Å². The summed E-state index contributed by atoms with van der Waals surface area (Å²) in [6.45, 7) is 4.09. The van der Waals surface area contributed by atoms with Crippen molar-refractivity contribution in [2.75, 3.05) is 13.1 Å². The largest absolute Gasteiger partial charge is 0.351 e. The summed E-state index contributed by atoms with van der Waals surface area (Å²) in [4.78, 5) is 11.9. The normalized spacial score (nSPS) is 30.5. The lowest BCUT2D eigenvalue weighted by atomic mass is 9.78. The third kappa shape index (κ3) is 2.08. The quantitative estimate of drug-likeness (QED) is 0.693. The van der Waals surface area contributed by atoms with Crippen LogP contribution in [-0.4, -0.2) is 24.5 Å². The van der Waals surface area contributed by atoms with Crippen LogP contribution in [0.25, 0.3) is 0 Å². The van der Waals surface area contributed by atoms with Crippen LogP contribution in [0.4, 0.5) is 0 Å². The fraction of sp³-hybridized carbons (Fsp3) is 0.909. The first-order chi connectivity index (χ1) is 6.70. The zero-order valence-corrected chi connectivity index (χ0v) is 8.94. The van der Waals surface area contributed by atoms with Crippen molar-refractivity contribution in [3.63, 3.8) is 0 Å². The Morgan fingerprint density at radius 3 is 2.71 bits per heavy atom. The van der Waals surface area contributed by atoms with Crippen LogP contribution in [0.5, 0.6) is 0 Å². The van der Waals surface area contributed by atoms with Gasteiger partial charge in [-0.25, -0.2) is 0 Å². The van der Waals surface area contributed by atoms with Crippen molar-refractivity contribution in [3.05, 3.63) is 0 Å². The minimum atomic E-state index is 0.120. The summed E-state index contributed by atoms with van der Waals surface area (Å²) in [7, 11) is 0. The van der Waals surface area contributed by atoms with E-state index in [0.717, 1.165) is 38.8 Å². The first kappa shape index (κ1) is 9.97. The number of rotatable bonds is 2. The number of hydrogen-bond donors (Lipinski definition) is 2. The number of piperidine rings is 1. The highest BCUT2D eigenvalue weighted by Gasteiger charge is 2.35. The molecule has 1 atom stereocenters. The molecule has 0 aromatic heterocycles. The molecule has 1 unspecified atom stereocenters. The Morgan fingerprint density at radius 1 is 1.43 bits per heavy atom. The second kappa shape index (κ2) is 3.89. The summed E-state index contributed by atoms with van der Waals surface area (Å²) in [6, 6.07) is 0. The van der Waals surface area contributed by atoms with E-state index in [2.05, 4.69) is 17.6 Å². The van der Waals surface area contributed by atoms with Gasteiger partial charge in [0.1, 0.15) is 0 Å². The van der Waals surface area contributed by atoms with Crippen LogP contribution in [0, 0.1) is 5.92 Å². The molecule has 1 aliphatic heterocycles. The van der Waals surface area contributed by atoms with E-state index < -0.39 is 0 Å². The summed E-state index contributed by atoms with van der Waals surface area (Å²) >= 11 is 0. The van der Waals surface area contributed by atoms with Crippen LogP contribution in [-0.2, 0) is 4.79 Å². The van der Waals surface area contributed by atoms with E-state index in [1.165, 1.54) is 6.42 Å². The molecular weight excluding hydrogens is 176 g/mol. The molecule has 14 heavy (non-hydrogen) atoms. The molecule has 2 fully saturated rings. The van der Waals surface area contributed by atoms with E-state index in [1.807, 2.05) is 0 Å². The number of carbonyl (C=O) groups excluding carboxylic acids is 1. The standard InChI is InChI=1S/C11H20N2O/c1-11(5-3-6-11)13-10(14)9-4-2-7-12-8-9/h9,12H,2-8H2,1H3,(H,13,14). The first-order valence-corrected chi connectivity index (χ1v) is 5.72. The van der Waals surface area contributed by atoms with Crippen LogP contribution >= 0.6 is 0 Å². The molecule has 1 heterocycles. The second-order valence-corrected chi connectivity index (χ2v) is 4.95.